The van der Waals surface area contributed by atoms with Crippen molar-refractivity contribution < 1.29 is 13.9 Å². The minimum absolute atomic E-state index is 0.233. The van der Waals surface area contributed by atoms with E-state index in [9.17, 15) is 4.79 Å². The highest BCUT2D eigenvalue weighted by molar-refractivity contribution is 5.94. The number of aryl methyl sites for hydroxylation is 1. The Kier molecular flexibility index (Phi) is 5.16. The van der Waals surface area contributed by atoms with Crippen molar-refractivity contribution in [3.8, 4) is 22.7 Å². The van der Waals surface area contributed by atoms with E-state index in [1.54, 1.807) is 30.2 Å². The molecule has 6 heteroatoms. The van der Waals surface area contributed by atoms with Gasteiger partial charge in [-0.15, -0.1) is 0 Å². The van der Waals surface area contributed by atoms with Crippen LogP contribution in [0.5, 0.6) is 5.75 Å². The number of carbonyl (C=O) groups is 1. The maximum atomic E-state index is 12.9. The molecule has 0 atom stereocenters. The van der Waals surface area contributed by atoms with Gasteiger partial charge < -0.3 is 14.5 Å². The summed E-state index contributed by atoms with van der Waals surface area (Å²) in [4.78, 5) is 12.9. The van der Waals surface area contributed by atoms with E-state index in [0.29, 0.717) is 23.7 Å². The predicted octanol–water partition coefficient (Wildman–Crippen LogP) is 4.38. The Bertz CT molecular complexity index is 1110. The molecule has 0 aliphatic rings. The average molecular weight is 387 g/mol. The van der Waals surface area contributed by atoms with Crippen LogP contribution < -0.4 is 10.1 Å². The molecule has 0 spiro atoms. The number of rotatable bonds is 6. The SMILES string of the molecule is COc1cccc(-c2cc(C(=O)NCc3ccco3)n(-c3ccc(C)cc3)n2)c1. The summed E-state index contributed by atoms with van der Waals surface area (Å²) in [6.45, 7) is 2.32. The summed E-state index contributed by atoms with van der Waals surface area (Å²) in [5.41, 5.74) is 3.95. The van der Waals surface area contributed by atoms with E-state index in [-0.39, 0.29) is 5.91 Å². The van der Waals surface area contributed by atoms with Crippen molar-refractivity contribution in [1.29, 1.82) is 0 Å². The first-order valence-corrected chi connectivity index (χ1v) is 9.26. The zero-order valence-corrected chi connectivity index (χ0v) is 16.3. The molecule has 29 heavy (non-hydrogen) atoms. The number of furan rings is 1. The summed E-state index contributed by atoms with van der Waals surface area (Å²) >= 11 is 0. The van der Waals surface area contributed by atoms with E-state index >= 15 is 0 Å². The van der Waals surface area contributed by atoms with Crippen LogP contribution in [-0.2, 0) is 6.54 Å². The Morgan fingerprint density at radius 1 is 1.10 bits per heavy atom. The number of carbonyl (C=O) groups excluding carboxylic acids is 1. The van der Waals surface area contributed by atoms with Crippen molar-refractivity contribution in [3.63, 3.8) is 0 Å². The second-order valence-electron chi connectivity index (χ2n) is 6.66. The third kappa shape index (κ3) is 4.06. The van der Waals surface area contributed by atoms with Crippen LogP contribution in [0.1, 0.15) is 21.8 Å². The molecule has 2 aromatic carbocycles. The molecule has 0 radical (unpaired) electrons. The number of aromatic nitrogens is 2. The smallest absolute Gasteiger partial charge is 0.270 e. The topological polar surface area (TPSA) is 69.3 Å². The number of nitrogens with zero attached hydrogens (tertiary/aromatic N) is 2. The normalized spacial score (nSPS) is 10.7. The van der Waals surface area contributed by atoms with Gasteiger partial charge in [-0.3, -0.25) is 4.79 Å². The third-order valence-corrected chi connectivity index (χ3v) is 4.59. The fourth-order valence-electron chi connectivity index (χ4n) is 3.02. The molecule has 6 nitrogen and oxygen atoms in total. The quantitative estimate of drug-likeness (QED) is 0.533. The summed E-state index contributed by atoms with van der Waals surface area (Å²) < 4.78 is 12.3. The van der Waals surface area contributed by atoms with E-state index in [1.807, 2.05) is 61.5 Å². The monoisotopic (exact) mass is 387 g/mol. The van der Waals surface area contributed by atoms with Crippen molar-refractivity contribution in [2.24, 2.45) is 0 Å². The maximum absolute atomic E-state index is 12.9. The lowest BCUT2D eigenvalue weighted by Gasteiger charge is -2.08. The van der Waals surface area contributed by atoms with Crippen LogP contribution in [0, 0.1) is 6.92 Å². The van der Waals surface area contributed by atoms with Crippen molar-refractivity contribution in [3.05, 3.63) is 90.0 Å². The third-order valence-electron chi connectivity index (χ3n) is 4.59. The van der Waals surface area contributed by atoms with Gasteiger partial charge in [0.2, 0.25) is 0 Å². The maximum Gasteiger partial charge on any atom is 0.270 e. The number of nitrogens with one attached hydrogen (secondary N) is 1. The lowest BCUT2D eigenvalue weighted by atomic mass is 10.1. The fraction of sp³-hybridized carbons (Fsp3) is 0.130. The molecule has 0 aliphatic carbocycles. The zero-order chi connectivity index (χ0) is 20.2. The molecule has 0 aliphatic heterocycles. The Morgan fingerprint density at radius 2 is 1.93 bits per heavy atom. The summed E-state index contributed by atoms with van der Waals surface area (Å²) in [6.07, 6.45) is 1.58. The van der Waals surface area contributed by atoms with E-state index < -0.39 is 0 Å². The molecule has 2 aromatic heterocycles. The number of methoxy groups -OCH3 is 1. The fourth-order valence-corrected chi connectivity index (χ4v) is 3.02. The van der Waals surface area contributed by atoms with E-state index in [1.165, 1.54) is 0 Å². The van der Waals surface area contributed by atoms with Gasteiger partial charge in [0, 0.05) is 5.56 Å². The van der Waals surface area contributed by atoms with E-state index in [4.69, 9.17) is 14.3 Å². The van der Waals surface area contributed by atoms with Gasteiger partial charge in [0.25, 0.3) is 5.91 Å². The zero-order valence-electron chi connectivity index (χ0n) is 16.3. The first kappa shape index (κ1) is 18.6. The first-order valence-electron chi connectivity index (χ1n) is 9.26. The van der Waals surface area contributed by atoms with Gasteiger partial charge in [-0.1, -0.05) is 29.8 Å². The van der Waals surface area contributed by atoms with Crippen LogP contribution in [0.4, 0.5) is 0 Å². The van der Waals surface area contributed by atoms with Gasteiger partial charge in [-0.2, -0.15) is 5.10 Å². The molecule has 4 aromatic rings. The first-order chi connectivity index (χ1) is 14.1. The second kappa shape index (κ2) is 8.06. The molecule has 4 rings (SSSR count). The average Bonchev–Trinajstić information content (AvgIpc) is 3.43. The molecule has 146 valence electrons. The van der Waals surface area contributed by atoms with Crippen LogP contribution >= 0.6 is 0 Å². The molecule has 0 bridgehead atoms. The molecule has 2 heterocycles. The van der Waals surface area contributed by atoms with Crippen molar-refractivity contribution in [2.45, 2.75) is 13.5 Å². The highest BCUT2D eigenvalue weighted by atomic mass is 16.5. The summed E-state index contributed by atoms with van der Waals surface area (Å²) in [7, 11) is 1.62. The van der Waals surface area contributed by atoms with Gasteiger partial charge in [0.05, 0.1) is 31.3 Å². The number of hydrogen-bond donors (Lipinski definition) is 1. The van der Waals surface area contributed by atoms with Crippen LogP contribution in [0.3, 0.4) is 0 Å². The molecule has 0 saturated carbocycles. The van der Waals surface area contributed by atoms with Gasteiger partial charge in [-0.25, -0.2) is 4.68 Å². The standard InChI is InChI=1S/C23H21N3O3/c1-16-8-10-18(11-9-16)26-22(23(27)24-15-20-7-4-12-29-20)14-21(25-26)17-5-3-6-19(13-17)28-2/h3-14H,15H2,1-2H3,(H,24,27). The Labute approximate surface area is 168 Å². The van der Waals surface area contributed by atoms with Crippen molar-refractivity contribution >= 4 is 5.91 Å². The molecule has 0 saturated heterocycles. The molecular weight excluding hydrogens is 366 g/mol. The summed E-state index contributed by atoms with van der Waals surface area (Å²) in [6, 6.07) is 20.9. The summed E-state index contributed by atoms with van der Waals surface area (Å²) in [5.74, 6) is 1.19. The van der Waals surface area contributed by atoms with Gasteiger partial charge in [0.15, 0.2) is 0 Å². The molecule has 1 amide bonds. The number of benzene rings is 2. The van der Waals surface area contributed by atoms with E-state index in [2.05, 4.69) is 5.32 Å². The summed E-state index contributed by atoms with van der Waals surface area (Å²) in [5, 5.41) is 7.59. The molecule has 1 N–H and O–H groups in total. The van der Waals surface area contributed by atoms with Gasteiger partial charge in [-0.05, 0) is 49.4 Å². The van der Waals surface area contributed by atoms with E-state index in [0.717, 1.165) is 22.6 Å². The minimum Gasteiger partial charge on any atom is -0.497 e. The van der Waals surface area contributed by atoms with Crippen LogP contribution in [0.15, 0.2) is 77.4 Å². The Hall–Kier alpha value is -3.80. The number of hydrogen-bond acceptors (Lipinski definition) is 4. The highest BCUT2D eigenvalue weighted by Gasteiger charge is 2.18. The van der Waals surface area contributed by atoms with Crippen molar-refractivity contribution in [2.75, 3.05) is 7.11 Å². The van der Waals surface area contributed by atoms with Crippen LogP contribution in [0.2, 0.25) is 0 Å². The molecule has 0 fully saturated rings. The number of amides is 1. The number of ether oxygens (including phenoxy) is 1. The molecule has 0 unspecified atom stereocenters. The van der Waals surface area contributed by atoms with Gasteiger partial charge >= 0.3 is 0 Å². The Morgan fingerprint density at radius 3 is 2.66 bits per heavy atom. The Balaban J connectivity index is 1.71. The lowest BCUT2D eigenvalue weighted by Crippen LogP contribution is -2.25. The highest BCUT2D eigenvalue weighted by Crippen LogP contribution is 2.25. The molecular formula is C23H21N3O3. The van der Waals surface area contributed by atoms with Crippen LogP contribution in [-0.4, -0.2) is 22.8 Å². The van der Waals surface area contributed by atoms with Crippen LogP contribution in [0.25, 0.3) is 16.9 Å². The van der Waals surface area contributed by atoms with Gasteiger partial charge in [0.1, 0.15) is 17.2 Å². The van der Waals surface area contributed by atoms with Crippen molar-refractivity contribution in [1.82, 2.24) is 15.1 Å². The second-order valence-corrected chi connectivity index (χ2v) is 6.66. The minimum atomic E-state index is -0.233. The lowest BCUT2D eigenvalue weighted by molar-refractivity contribution is 0.0940. The largest absolute Gasteiger partial charge is 0.497 e. The predicted molar refractivity (Wildman–Crippen MR) is 110 cm³/mol.